The van der Waals surface area contributed by atoms with Crippen LogP contribution in [-0.4, -0.2) is 48.3 Å². The number of carboxylic acid groups (broad SMARTS) is 1. The number of likely N-dealkylation sites (N-methyl/N-ethyl adjacent to an activating group) is 1. The molecular formula is C18H22Cl2N2O3. The van der Waals surface area contributed by atoms with Gasteiger partial charge >= 0.3 is 5.97 Å². The van der Waals surface area contributed by atoms with Gasteiger partial charge in [-0.15, -0.1) is 0 Å². The van der Waals surface area contributed by atoms with Crippen LogP contribution in [0.5, 0.6) is 0 Å². The molecule has 0 fully saturated rings. The van der Waals surface area contributed by atoms with Crippen LogP contribution in [0.1, 0.15) is 5.56 Å². The van der Waals surface area contributed by atoms with Gasteiger partial charge in [-0.1, -0.05) is 47.5 Å². The smallest absolute Gasteiger partial charge is 0.307 e. The Morgan fingerprint density at radius 3 is 2.16 bits per heavy atom. The number of aliphatic hydroxyl groups excluding tert-OH is 1. The molecule has 0 bridgehead atoms. The van der Waals surface area contributed by atoms with Crippen molar-refractivity contribution < 1.29 is 15.0 Å². The predicted molar refractivity (Wildman–Crippen MR) is 103 cm³/mol. The van der Waals surface area contributed by atoms with Crippen LogP contribution in [0.4, 0.5) is 11.4 Å². The zero-order valence-corrected chi connectivity index (χ0v) is 15.7. The maximum Gasteiger partial charge on any atom is 0.307 e. The summed E-state index contributed by atoms with van der Waals surface area (Å²) in [5.74, 6) is -0.889. The average molecular weight is 385 g/mol. The van der Waals surface area contributed by atoms with Gasteiger partial charge in [0.15, 0.2) is 0 Å². The minimum atomic E-state index is -0.889. The monoisotopic (exact) mass is 384 g/mol. The summed E-state index contributed by atoms with van der Waals surface area (Å²) >= 11 is 12.1. The zero-order valence-electron chi connectivity index (χ0n) is 14.2. The highest BCUT2D eigenvalue weighted by Gasteiger charge is 2.10. The van der Waals surface area contributed by atoms with E-state index in [0.717, 1.165) is 6.54 Å². The van der Waals surface area contributed by atoms with Gasteiger partial charge in [0.25, 0.3) is 0 Å². The minimum absolute atomic E-state index is 0.0642. The lowest BCUT2D eigenvalue weighted by Crippen LogP contribution is -2.15. The van der Waals surface area contributed by atoms with Crippen molar-refractivity contribution >= 4 is 40.5 Å². The molecule has 5 nitrogen and oxygen atoms in total. The molecule has 0 aliphatic rings. The lowest BCUT2D eigenvalue weighted by Gasteiger charge is -2.13. The number of benzene rings is 2. The van der Waals surface area contributed by atoms with Crippen LogP contribution in [0.15, 0.2) is 42.5 Å². The van der Waals surface area contributed by atoms with Crippen LogP contribution in [0.25, 0.3) is 0 Å². The molecule has 136 valence electrons. The first-order valence-electron chi connectivity index (χ1n) is 7.61. The van der Waals surface area contributed by atoms with Crippen LogP contribution < -0.4 is 5.32 Å². The van der Waals surface area contributed by atoms with Crippen LogP contribution in [0.3, 0.4) is 0 Å². The molecule has 0 amide bonds. The molecule has 0 heterocycles. The summed E-state index contributed by atoms with van der Waals surface area (Å²) < 4.78 is 0. The van der Waals surface area contributed by atoms with E-state index in [1.165, 1.54) is 0 Å². The molecule has 0 saturated heterocycles. The lowest BCUT2D eigenvalue weighted by atomic mass is 10.1. The van der Waals surface area contributed by atoms with Crippen molar-refractivity contribution in [2.45, 2.75) is 6.42 Å². The topological polar surface area (TPSA) is 72.8 Å². The molecule has 7 heteroatoms. The van der Waals surface area contributed by atoms with Crippen molar-refractivity contribution in [2.75, 3.05) is 32.6 Å². The molecule has 0 saturated carbocycles. The summed E-state index contributed by atoms with van der Waals surface area (Å²) in [7, 11) is 3.85. The Balaban J connectivity index is 0.000000450. The van der Waals surface area contributed by atoms with E-state index in [-0.39, 0.29) is 13.0 Å². The molecule has 2 aromatic rings. The molecule has 0 aliphatic carbocycles. The molecule has 0 atom stereocenters. The molecule has 0 spiro atoms. The first-order valence-corrected chi connectivity index (χ1v) is 8.37. The second-order valence-corrected chi connectivity index (χ2v) is 6.29. The summed E-state index contributed by atoms with van der Waals surface area (Å²) in [4.78, 5) is 12.8. The maximum absolute atomic E-state index is 10.8. The number of carboxylic acids is 1. The largest absolute Gasteiger partial charge is 0.481 e. The van der Waals surface area contributed by atoms with Crippen molar-refractivity contribution in [2.24, 2.45) is 0 Å². The Bertz CT molecular complexity index is 674. The summed E-state index contributed by atoms with van der Waals surface area (Å²) in [6, 6.07) is 12.3. The maximum atomic E-state index is 10.8. The van der Waals surface area contributed by atoms with Crippen molar-refractivity contribution in [1.29, 1.82) is 0 Å². The number of nitrogens with one attached hydrogen (secondary N) is 1. The molecule has 0 radical (unpaired) electrons. The van der Waals surface area contributed by atoms with Gasteiger partial charge in [0.05, 0.1) is 28.8 Å². The van der Waals surface area contributed by atoms with Crippen LogP contribution in [-0.2, 0) is 11.2 Å². The first kappa shape index (κ1) is 21.3. The van der Waals surface area contributed by atoms with Gasteiger partial charge in [0.1, 0.15) is 0 Å². The van der Waals surface area contributed by atoms with Crippen molar-refractivity contribution in [3.05, 3.63) is 58.1 Å². The van der Waals surface area contributed by atoms with Gasteiger partial charge in [0, 0.05) is 12.2 Å². The number of hydrogen-bond donors (Lipinski definition) is 3. The van der Waals surface area contributed by atoms with Crippen molar-refractivity contribution in [3.63, 3.8) is 0 Å². The Labute approximate surface area is 157 Å². The highest BCUT2D eigenvalue weighted by Crippen LogP contribution is 2.33. The Kier molecular flexibility index (Phi) is 9.31. The minimum Gasteiger partial charge on any atom is -0.481 e. The number of aliphatic carboxylic acids is 1. The number of para-hydroxylation sites is 2. The molecule has 0 unspecified atom stereocenters. The van der Waals surface area contributed by atoms with Crippen molar-refractivity contribution in [3.8, 4) is 0 Å². The summed E-state index contributed by atoms with van der Waals surface area (Å²) in [5.41, 5.74) is 1.93. The van der Waals surface area contributed by atoms with E-state index >= 15 is 0 Å². The van der Waals surface area contributed by atoms with Gasteiger partial charge in [-0.05, 0) is 37.9 Å². The van der Waals surface area contributed by atoms with Crippen LogP contribution >= 0.6 is 23.2 Å². The predicted octanol–water partition coefficient (Wildman–Crippen LogP) is 3.90. The van der Waals surface area contributed by atoms with E-state index in [4.69, 9.17) is 33.4 Å². The second kappa shape index (κ2) is 10.9. The van der Waals surface area contributed by atoms with Gasteiger partial charge in [-0.25, -0.2) is 0 Å². The van der Waals surface area contributed by atoms with Crippen molar-refractivity contribution in [1.82, 2.24) is 4.90 Å². The quantitative estimate of drug-likeness (QED) is 0.703. The fraction of sp³-hybridized carbons (Fsp3) is 0.278. The lowest BCUT2D eigenvalue weighted by molar-refractivity contribution is -0.136. The highest BCUT2D eigenvalue weighted by atomic mass is 35.5. The highest BCUT2D eigenvalue weighted by molar-refractivity contribution is 6.39. The number of anilines is 2. The molecule has 0 aromatic heterocycles. The standard InChI is InChI=1S/C14H11Cl2NO2.C4H11NO/c15-10-5-3-6-11(16)14(10)17-12-7-2-1-4-9(12)8-13(18)19;1-5(2)3-4-6/h1-7,17H,8H2,(H,18,19);6H,3-4H2,1-2H3. The third-order valence-electron chi connectivity index (χ3n) is 3.13. The fourth-order valence-electron chi connectivity index (χ4n) is 1.91. The normalized spacial score (nSPS) is 10.2. The first-order chi connectivity index (χ1) is 11.8. The fourth-order valence-corrected chi connectivity index (χ4v) is 2.40. The van der Waals surface area contributed by atoms with E-state index in [0.29, 0.717) is 27.0 Å². The summed E-state index contributed by atoms with van der Waals surface area (Å²) in [6.07, 6.45) is -0.0642. The second-order valence-electron chi connectivity index (χ2n) is 5.48. The van der Waals surface area contributed by atoms with Crippen LogP contribution in [0.2, 0.25) is 10.0 Å². The SMILES string of the molecule is CN(C)CCO.O=C(O)Cc1ccccc1Nc1c(Cl)cccc1Cl. The molecular weight excluding hydrogens is 363 g/mol. The number of aliphatic hydroxyl groups is 1. The summed E-state index contributed by atoms with van der Waals surface area (Å²) in [6.45, 7) is 1.02. The van der Waals surface area contributed by atoms with E-state index in [1.807, 2.05) is 25.1 Å². The Hall–Kier alpha value is -1.79. The van der Waals surface area contributed by atoms with Crippen LogP contribution in [0, 0.1) is 0 Å². The molecule has 0 aliphatic heterocycles. The van der Waals surface area contributed by atoms with Gasteiger partial charge in [-0.3, -0.25) is 4.79 Å². The van der Waals surface area contributed by atoms with E-state index in [2.05, 4.69) is 5.32 Å². The van der Waals surface area contributed by atoms with Gasteiger partial charge < -0.3 is 20.4 Å². The van der Waals surface area contributed by atoms with E-state index in [9.17, 15) is 4.79 Å². The Morgan fingerprint density at radius 1 is 1.08 bits per heavy atom. The number of nitrogens with zero attached hydrogens (tertiary/aromatic N) is 1. The molecule has 3 N–H and O–H groups in total. The zero-order chi connectivity index (χ0) is 18.8. The van der Waals surface area contributed by atoms with E-state index in [1.54, 1.807) is 36.4 Å². The average Bonchev–Trinajstić information content (AvgIpc) is 2.52. The molecule has 2 rings (SSSR count). The van der Waals surface area contributed by atoms with Gasteiger partial charge in [0.2, 0.25) is 0 Å². The molecule has 2 aromatic carbocycles. The van der Waals surface area contributed by atoms with E-state index < -0.39 is 5.97 Å². The third kappa shape index (κ3) is 7.75. The third-order valence-corrected chi connectivity index (χ3v) is 3.76. The number of halogens is 2. The number of hydrogen-bond acceptors (Lipinski definition) is 4. The molecule has 25 heavy (non-hydrogen) atoms. The number of carbonyl (C=O) groups is 1. The summed E-state index contributed by atoms with van der Waals surface area (Å²) in [5, 5.41) is 21.1. The number of rotatable bonds is 6. The van der Waals surface area contributed by atoms with Gasteiger partial charge in [-0.2, -0.15) is 0 Å². The Morgan fingerprint density at radius 2 is 1.68 bits per heavy atom.